The number of rotatable bonds is 16. The third-order valence-electron chi connectivity index (χ3n) is 17.0. The topological polar surface area (TPSA) is 197 Å². The van der Waals surface area contributed by atoms with Crippen molar-refractivity contribution in [3.63, 3.8) is 0 Å². The molecule has 3 heterocycles. The van der Waals surface area contributed by atoms with Crippen molar-refractivity contribution in [2.75, 3.05) is 27.7 Å². The molecule has 15 nitrogen and oxygen atoms in total. The van der Waals surface area contributed by atoms with Gasteiger partial charge in [0.25, 0.3) is 0 Å². The standard InChI is InChI=1S/C61H93N2O13P.F6P/c1-14-49-61(10,70)54(66)42(6)63(50(64)29-23-15-18-24-44-30-32-47(33-31-44)77(45-25-19-16-20-26-45)46-27-21-17-22-28-46)37-38(2)35-59(8,69)56(76-58-52(65)48(62(11)12)34-39(3)72-58)40(4)53(41(5)57(68)74-49)75-51-36-60(9,71-13)55(67)43(7)73-51;1-7(2,3,4,5)6/h16-17,19-22,25-28,30-33,38-43,48-49,51-56,58,65-67,69-70H,14-15,18,23-24,29,34-37H2,1-13H3;/q;-1/p+1/t38-,39-,40+,41-,42-,43+,48+,49-,51+,52-,53+,54-,55+,56-,58+,59-,60-,61-;/m1./s1. The van der Waals surface area contributed by atoms with Crippen LogP contribution in [0.4, 0.5) is 25.2 Å². The molecule has 3 aromatic rings. The van der Waals surface area contributed by atoms with Gasteiger partial charge >= 0.3 is 39.0 Å². The Bertz CT molecular complexity index is 2500. The molecule has 5 N–H and O–H groups in total. The van der Waals surface area contributed by atoms with Gasteiger partial charge in [-0.15, -0.1) is 0 Å². The molecule has 3 aliphatic rings. The van der Waals surface area contributed by atoms with E-state index in [9.17, 15) is 60.3 Å². The fourth-order valence-electron chi connectivity index (χ4n) is 12.3. The number of likely N-dealkylation sites (N-methyl/N-ethyl adjacent to an activating group) is 1. The molecule has 3 aliphatic heterocycles. The van der Waals surface area contributed by atoms with Crippen LogP contribution in [0.2, 0.25) is 0 Å². The van der Waals surface area contributed by atoms with Gasteiger partial charge in [-0.25, -0.2) is 0 Å². The molecular weight excluding hydrogens is 1140 g/mol. The molecule has 0 aliphatic carbocycles. The van der Waals surface area contributed by atoms with Crippen LogP contribution in [0.1, 0.15) is 126 Å². The number of hydrogen-bond acceptors (Lipinski definition) is 14. The van der Waals surface area contributed by atoms with Crippen molar-refractivity contribution in [3.05, 3.63) is 90.5 Å². The summed E-state index contributed by atoms with van der Waals surface area (Å²) in [6.45, 7) is 17.3. The normalized spacial score (nSPS) is 35.9. The van der Waals surface area contributed by atoms with Crippen molar-refractivity contribution in [2.24, 2.45) is 17.8 Å². The van der Waals surface area contributed by atoms with Crippen LogP contribution in [0.5, 0.6) is 0 Å². The zero-order valence-corrected chi connectivity index (χ0v) is 52.8. The Kier molecular flexibility index (Phi) is 24.1. The predicted octanol–water partition coefficient (Wildman–Crippen LogP) is 9.47. The van der Waals surface area contributed by atoms with E-state index in [1.165, 1.54) is 35.5 Å². The molecule has 84 heavy (non-hydrogen) atoms. The zero-order valence-electron chi connectivity index (χ0n) is 50.9. The number of aliphatic hydroxyl groups is 5. The second-order valence-electron chi connectivity index (χ2n) is 24.6. The average molecular weight is 1240 g/mol. The van der Waals surface area contributed by atoms with Gasteiger partial charge in [-0.1, -0.05) is 75.7 Å². The second-order valence-corrected chi connectivity index (χ2v) is 29.0. The Balaban J connectivity index is 0.00000173. The number of carbonyl (C=O) groups is 2. The van der Waals surface area contributed by atoms with Gasteiger partial charge in [0, 0.05) is 38.5 Å². The van der Waals surface area contributed by atoms with Crippen LogP contribution in [-0.4, -0.2) is 165 Å². The molecule has 0 unspecified atom stereocenters. The number of halogens is 6. The van der Waals surface area contributed by atoms with Gasteiger partial charge in [-0.3, -0.25) is 9.59 Å². The van der Waals surface area contributed by atoms with E-state index >= 15 is 0 Å². The molecule has 6 rings (SSSR count). The number of unbranched alkanes of at least 4 members (excludes halogenated alkanes) is 2. The quantitative estimate of drug-likeness (QED) is 0.0394. The van der Waals surface area contributed by atoms with Gasteiger partial charge in [0.05, 0.1) is 55.5 Å². The van der Waals surface area contributed by atoms with Crippen molar-refractivity contribution in [3.8, 4) is 0 Å². The molecule has 3 aromatic carbocycles. The minimum atomic E-state index is -10.7. The SMILES string of the molecule is CC[C@H]1OC(=O)[C@H](C)[C@@H](O[C@H]2C[C@@](C)(OC)[C@@H](O)[C@H](C)O2)[C@H](C)[C@@H](O[C@@H]2O[C@H](C)C[C@H](N(C)C)[C@H]2O)[C@](C)(O)C[C@@H](C)CN(C(=O)CCCCCc2ccc([PH+](c3ccccc3)c3ccccc3)cc2)[C@H](C)[C@@H](O)[C@]1(C)O.F[P-](F)(F)(F)(F)F. The minimum absolute atomic E-state index is 0.0621. The molecule has 0 saturated carbocycles. The number of ether oxygens (including phenoxy) is 6. The van der Waals surface area contributed by atoms with Crippen molar-refractivity contribution >= 4 is 43.5 Å². The second kappa shape index (κ2) is 28.4. The Morgan fingerprint density at radius 3 is 1.85 bits per heavy atom. The number of aryl methyl sites for hydroxylation is 1. The maximum absolute atomic E-state index is 14.7. The number of hydrogen-bond donors (Lipinski definition) is 5. The van der Waals surface area contributed by atoms with Crippen molar-refractivity contribution < 1.29 is 88.7 Å². The van der Waals surface area contributed by atoms with Gasteiger partial charge in [0.1, 0.15) is 45.9 Å². The summed E-state index contributed by atoms with van der Waals surface area (Å²) in [5, 5.41) is 64.4. The predicted molar refractivity (Wildman–Crippen MR) is 316 cm³/mol. The summed E-state index contributed by atoms with van der Waals surface area (Å²) in [4.78, 5) is 32.8. The summed E-state index contributed by atoms with van der Waals surface area (Å²) in [6, 6.07) is 29.0. The monoisotopic (exact) mass is 1240 g/mol. The molecular formula is C61H94F6N2O13P2. The first kappa shape index (κ1) is 71.4. The summed E-state index contributed by atoms with van der Waals surface area (Å²) < 4.78 is 97.4. The van der Waals surface area contributed by atoms with Crippen LogP contribution in [0.25, 0.3) is 0 Å². The van der Waals surface area contributed by atoms with E-state index in [2.05, 4.69) is 84.9 Å². The van der Waals surface area contributed by atoms with E-state index in [0.29, 0.717) is 12.8 Å². The van der Waals surface area contributed by atoms with Crippen LogP contribution in [0.15, 0.2) is 84.9 Å². The number of aliphatic hydroxyl groups excluding tert-OH is 3. The van der Waals surface area contributed by atoms with E-state index in [0.717, 1.165) is 19.3 Å². The first-order valence-electron chi connectivity index (χ1n) is 29.2. The van der Waals surface area contributed by atoms with Crippen molar-refractivity contribution in [1.29, 1.82) is 0 Å². The third kappa shape index (κ3) is 20.1. The van der Waals surface area contributed by atoms with Crippen molar-refractivity contribution in [2.45, 2.75) is 217 Å². The first-order chi connectivity index (χ1) is 38.8. The number of amides is 1. The van der Waals surface area contributed by atoms with E-state index in [-0.39, 0.29) is 50.3 Å². The number of methoxy groups -OCH3 is 1. The summed E-state index contributed by atoms with van der Waals surface area (Å²) >= 11 is 0. The first-order valence-corrected chi connectivity index (χ1v) is 32.8. The Morgan fingerprint density at radius 1 is 0.774 bits per heavy atom. The molecule has 3 saturated heterocycles. The van der Waals surface area contributed by atoms with Crippen LogP contribution in [-0.2, 0) is 44.4 Å². The van der Waals surface area contributed by atoms with Gasteiger partial charge in [-0.05, 0) is 149 Å². The van der Waals surface area contributed by atoms with Gasteiger partial charge in [0.15, 0.2) is 12.6 Å². The number of carbonyl (C=O) groups excluding carboxylic acids is 2. The molecule has 23 heteroatoms. The fraction of sp³-hybridized carbons (Fsp3) is 0.672. The summed E-state index contributed by atoms with van der Waals surface area (Å²) in [7, 11) is -6.58. The van der Waals surface area contributed by atoms with Crippen LogP contribution in [0.3, 0.4) is 0 Å². The van der Waals surface area contributed by atoms with Gasteiger partial charge in [0.2, 0.25) is 5.91 Å². The summed E-state index contributed by atoms with van der Waals surface area (Å²) in [6.07, 6.45) is -6.28. The van der Waals surface area contributed by atoms with Gasteiger partial charge < -0.3 is 63.8 Å². The Morgan fingerprint density at radius 2 is 1.32 bits per heavy atom. The number of cyclic esters (lactones) is 1. The van der Waals surface area contributed by atoms with Crippen LogP contribution in [0, 0.1) is 17.8 Å². The molecule has 478 valence electrons. The number of nitrogens with zero attached hydrogens (tertiary/aromatic N) is 2. The molecule has 0 radical (unpaired) electrons. The average Bonchev–Trinajstić information content (AvgIpc) is 2.30. The summed E-state index contributed by atoms with van der Waals surface area (Å²) in [5.74, 6) is -3.32. The number of esters is 1. The molecule has 0 aromatic heterocycles. The summed E-state index contributed by atoms with van der Waals surface area (Å²) in [5.41, 5.74) is -3.59. The molecule has 3 fully saturated rings. The third-order valence-corrected chi connectivity index (χ3v) is 19.7. The zero-order chi connectivity index (χ0) is 63.0. The maximum atomic E-state index is 14.7. The van der Waals surface area contributed by atoms with E-state index in [1.807, 2.05) is 32.8 Å². The Hall–Kier alpha value is -3.40. The number of benzene rings is 3. The van der Waals surface area contributed by atoms with E-state index < -0.39 is 118 Å². The van der Waals surface area contributed by atoms with Crippen LogP contribution >= 0.6 is 15.7 Å². The molecule has 0 spiro atoms. The Labute approximate surface area is 493 Å². The molecule has 0 bridgehead atoms. The van der Waals surface area contributed by atoms with E-state index in [4.69, 9.17) is 28.4 Å². The van der Waals surface area contributed by atoms with Crippen molar-refractivity contribution in [1.82, 2.24) is 9.80 Å². The molecule has 1 amide bonds. The fourth-order valence-corrected chi connectivity index (χ4v) is 14.9. The van der Waals surface area contributed by atoms with Crippen LogP contribution < -0.4 is 15.9 Å². The van der Waals surface area contributed by atoms with Gasteiger partial charge in [-0.2, -0.15) is 0 Å². The molecule has 18 atom stereocenters. The van der Waals surface area contributed by atoms with E-state index in [1.54, 1.807) is 53.4 Å².